The van der Waals surface area contributed by atoms with E-state index in [0.717, 1.165) is 32.1 Å². The van der Waals surface area contributed by atoms with Gasteiger partial charge in [0.2, 0.25) is 9.70 Å². The topological polar surface area (TPSA) is 96.3 Å². The van der Waals surface area contributed by atoms with Crippen LogP contribution in [0.5, 0.6) is 0 Å². The molecule has 0 spiro atoms. The molecule has 0 saturated carbocycles. The van der Waals surface area contributed by atoms with Crippen LogP contribution < -0.4 is 16.0 Å². The number of nitro benzene ring substituents is 1. The Morgan fingerprint density at radius 2 is 1.89 bits per heavy atom. The van der Waals surface area contributed by atoms with Crippen LogP contribution in [0.2, 0.25) is 0 Å². The highest BCUT2D eigenvalue weighted by Crippen LogP contribution is 2.29. The lowest BCUT2D eigenvalue weighted by Gasteiger charge is -2.27. The molecule has 7 nitrogen and oxygen atoms in total. The summed E-state index contributed by atoms with van der Waals surface area (Å²) in [4.78, 5) is 22.4. The Bertz CT molecular complexity index is 686. The smallest absolute Gasteiger partial charge is 0.271 e. The molecule has 11 heteroatoms. The molecule has 1 atom stereocenters. The number of hydrogen-bond acceptors (Lipinski definition) is 4. The molecule has 1 rings (SSSR count). The number of nitro groups is 1. The molecular weight excluding hydrogens is 447 g/mol. The number of halogens is 3. The maximum Gasteiger partial charge on any atom is 0.271 e. The third-order valence-electron chi connectivity index (χ3n) is 3.73. The third kappa shape index (κ3) is 9.73. The zero-order valence-corrected chi connectivity index (χ0v) is 18.4. The van der Waals surface area contributed by atoms with Crippen molar-refractivity contribution in [3.8, 4) is 0 Å². The number of alkyl halides is 3. The van der Waals surface area contributed by atoms with Gasteiger partial charge in [0, 0.05) is 24.2 Å². The molecule has 28 heavy (non-hydrogen) atoms. The second-order valence-corrected chi connectivity index (χ2v) is 8.89. The third-order valence-corrected chi connectivity index (χ3v) is 4.60. The predicted molar refractivity (Wildman–Crippen MR) is 118 cm³/mol. The fraction of sp³-hybridized carbons (Fsp3) is 0.529. The minimum atomic E-state index is -1.85. The van der Waals surface area contributed by atoms with Crippen LogP contribution in [0.3, 0.4) is 0 Å². The SMILES string of the molecule is CCCCCCCC(=O)N[C@@H](NC(=S)Nc1cccc([N+](=O)[O-])c1)C(Cl)(Cl)Cl. The van der Waals surface area contributed by atoms with Crippen molar-refractivity contribution >= 4 is 69.4 Å². The second-order valence-electron chi connectivity index (χ2n) is 6.11. The van der Waals surface area contributed by atoms with Gasteiger partial charge in [-0.1, -0.05) is 73.5 Å². The zero-order chi connectivity index (χ0) is 21.2. The van der Waals surface area contributed by atoms with Crippen LogP contribution >= 0.6 is 47.0 Å². The number of carbonyl (C=O) groups excluding carboxylic acids is 1. The van der Waals surface area contributed by atoms with Crippen molar-refractivity contribution < 1.29 is 9.72 Å². The van der Waals surface area contributed by atoms with Crippen LogP contribution in [0.25, 0.3) is 0 Å². The molecule has 0 heterocycles. The Hall–Kier alpha value is -1.35. The molecule has 3 N–H and O–H groups in total. The fourth-order valence-electron chi connectivity index (χ4n) is 2.32. The minimum absolute atomic E-state index is 0.0417. The highest BCUT2D eigenvalue weighted by Gasteiger charge is 2.34. The van der Waals surface area contributed by atoms with Gasteiger partial charge in [-0.2, -0.15) is 0 Å². The summed E-state index contributed by atoms with van der Waals surface area (Å²) >= 11 is 23.0. The van der Waals surface area contributed by atoms with Gasteiger partial charge in [0.15, 0.2) is 5.11 Å². The first-order chi connectivity index (χ1) is 13.1. The molecule has 0 bridgehead atoms. The molecule has 0 aliphatic heterocycles. The number of thiocarbonyl (C=S) groups is 1. The molecule has 0 radical (unpaired) electrons. The normalized spacial score (nSPS) is 12.1. The number of benzene rings is 1. The molecule has 1 aromatic carbocycles. The van der Waals surface area contributed by atoms with E-state index in [0.29, 0.717) is 12.1 Å². The summed E-state index contributed by atoms with van der Waals surface area (Å²) in [5.74, 6) is -0.265. The lowest BCUT2D eigenvalue weighted by atomic mass is 10.1. The van der Waals surface area contributed by atoms with E-state index in [1.165, 1.54) is 18.2 Å². The van der Waals surface area contributed by atoms with Gasteiger partial charge in [0.1, 0.15) is 6.17 Å². The Labute approximate surface area is 184 Å². The second kappa shape index (κ2) is 12.3. The van der Waals surface area contributed by atoms with Crippen LogP contribution in [0.4, 0.5) is 11.4 Å². The average Bonchev–Trinajstić information content (AvgIpc) is 2.60. The Kier molecular flexibility index (Phi) is 10.8. The number of rotatable bonds is 10. The number of nitrogens with one attached hydrogen (secondary N) is 3. The van der Waals surface area contributed by atoms with E-state index in [9.17, 15) is 14.9 Å². The van der Waals surface area contributed by atoms with Crippen molar-refractivity contribution in [3.05, 3.63) is 34.4 Å². The Morgan fingerprint density at radius 3 is 2.50 bits per heavy atom. The maximum absolute atomic E-state index is 12.1. The molecule has 0 fully saturated rings. The molecule has 1 aromatic rings. The van der Waals surface area contributed by atoms with Gasteiger partial charge in [-0.15, -0.1) is 0 Å². The van der Waals surface area contributed by atoms with Crippen molar-refractivity contribution in [3.63, 3.8) is 0 Å². The molecule has 0 unspecified atom stereocenters. The quantitative estimate of drug-likeness (QED) is 0.111. The standard InChI is InChI=1S/C17H23Cl3N4O3S/c1-2-3-4-5-6-10-14(25)22-15(17(18,19)20)23-16(28)21-12-8-7-9-13(11-12)24(26)27/h7-9,11,15H,2-6,10H2,1H3,(H,22,25)(H2,21,23,28)/t15-/m0/s1. The molecule has 0 aromatic heterocycles. The van der Waals surface area contributed by atoms with E-state index in [-0.39, 0.29) is 16.7 Å². The number of hydrogen-bond donors (Lipinski definition) is 3. The van der Waals surface area contributed by atoms with Gasteiger partial charge < -0.3 is 16.0 Å². The largest absolute Gasteiger partial charge is 0.339 e. The molecule has 0 aliphatic rings. The fourth-order valence-corrected chi connectivity index (χ4v) is 2.88. The highest BCUT2D eigenvalue weighted by molar-refractivity contribution is 7.80. The van der Waals surface area contributed by atoms with Crippen molar-refractivity contribution in [2.24, 2.45) is 0 Å². The Balaban J connectivity index is 2.61. The molecular formula is C17H23Cl3N4O3S. The van der Waals surface area contributed by atoms with Crippen LogP contribution in [0, 0.1) is 10.1 Å². The van der Waals surface area contributed by atoms with Gasteiger partial charge in [-0.3, -0.25) is 14.9 Å². The Morgan fingerprint density at radius 1 is 1.21 bits per heavy atom. The van der Waals surface area contributed by atoms with Crippen molar-refractivity contribution in [2.75, 3.05) is 5.32 Å². The predicted octanol–water partition coefficient (Wildman–Crippen LogP) is 5.05. The summed E-state index contributed by atoms with van der Waals surface area (Å²) in [5.41, 5.74) is 0.291. The summed E-state index contributed by atoms with van der Waals surface area (Å²) < 4.78 is -1.85. The number of anilines is 1. The van der Waals surface area contributed by atoms with E-state index in [4.69, 9.17) is 47.0 Å². The number of unbranched alkanes of at least 4 members (excludes halogenated alkanes) is 4. The molecule has 0 saturated heterocycles. The zero-order valence-electron chi connectivity index (χ0n) is 15.3. The first kappa shape index (κ1) is 24.7. The van der Waals surface area contributed by atoms with E-state index < -0.39 is 14.9 Å². The van der Waals surface area contributed by atoms with E-state index >= 15 is 0 Å². The monoisotopic (exact) mass is 468 g/mol. The van der Waals surface area contributed by atoms with Crippen molar-refractivity contribution in [2.45, 2.75) is 55.4 Å². The number of amides is 1. The average molecular weight is 470 g/mol. The molecule has 1 amide bonds. The van der Waals surface area contributed by atoms with Crippen molar-refractivity contribution in [1.82, 2.24) is 10.6 Å². The lowest BCUT2D eigenvalue weighted by Crippen LogP contribution is -2.56. The molecule has 156 valence electrons. The summed E-state index contributed by atoms with van der Waals surface area (Å²) in [6.45, 7) is 2.12. The molecule has 0 aliphatic carbocycles. The van der Waals surface area contributed by atoms with Crippen molar-refractivity contribution in [1.29, 1.82) is 0 Å². The van der Waals surface area contributed by atoms with E-state index in [1.807, 2.05) is 0 Å². The first-order valence-electron chi connectivity index (χ1n) is 8.81. The van der Waals surface area contributed by atoms with Gasteiger partial charge in [-0.05, 0) is 24.7 Å². The summed E-state index contributed by atoms with van der Waals surface area (Å²) in [7, 11) is 0. The maximum atomic E-state index is 12.1. The van der Waals surface area contributed by atoms with E-state index in [1.54, 1.807) is 6.07 Å². The van der Waals surface area contributed by atoms with Gasteiger partial charge in [0.25, 0.3) is 5.69 Å². The van der Waals surface area contributed by atoms with Crippen LogP contribution in [-0.4, -0.2) is 25.9 Å². The number of non-ortho nitro benzene ring substituents is 1. The minimum Gasteiger partial charge on any atom is -0.339 e. The van der Waals surface area contributed by atoms with Crippen LogP contribution in [0.1, 0.15) is 45.4 Å². The van der Waals surface area contributed by atoms with Gasteiger partial charge >= 0.3 is 0 Å². The number of nitrogens with zero attached hydrogens (tertiary/aromatic N) is 1. The summed E-state index contributed by atoms with van der Waals surface area (Å²) in [6, 6.07) is 5.77. The van der Waals surface area contributed by atoms with Crippen LogP contribution in [0.15, 0.2) is 24.3 Å². The van der Waals surface area contributed by atoms with Crippen LogP contribution in [-0.2, 0) is 4.79 Å². The first-order valence-corrected chi connectivity index (χ1v) is 10.4. The lowest BCUT2D eigenvalue weighted by molar-refractivity contribution is -0.384. The van der Waals surface area contributed by atoms with E-state index in [2.05, 4.69) is 22.9 Å². The summed E-state index contributed by atoms with van der Waals surface area (Å²) in [5, 5.41) is 19.0. The van der Waals surface area contributed by atoms with Gasteiger partial charge in [-0.25, -0.2) is 0 Å². The highest BCUT2D eigenvalue weighted by atomic mass is 35.6. The summed E-state index contributed by atoms with van der Waals surface area (Å²) in [6.07, 6.45) is 4.28. The van der Waals surface area contributed by atoms with Gasteiger partial charge in [0.05, 0.1) is 4.92 Å². The number of carbonyl (C=O) groups is 1.